The average molecular weight is 365 g/mol. The zero-order chi connectivity index (χ0) is 18.6. The van der Waals surface area contributed by atoms with Crippen LogP contribution in [-0.4, -0.2) is 45.9 Å². The molecule has 0 unspecified atom stereocenters. The second-order valence-corrected chi connectivity index (χ2v) is 6.81. The molecule has 6 heteroatoms. The Morgan fingerprint density at radius 2 is 1.74 bits per heavy atom. The molecule has 1 aliphatic heterocycles. The fourth-order valence-corrected chi connectivity index (χ4v) is 3.46. The molecule has 0 amide bonds. The van der Waals surface area contributed by atoms with Crippen LogP contribution in [0.1, 0.15) is 11.1 Å². The van der Waals surface area contributed by atoms with Gasteiger partial charge in [0.1, 0.15) is 0 Å². The molecule has 4 rings (SSSR count). The maximum Gasteiger partial charge on any atom is 0.328 e. The summed E-state index contributed by atoms with van der Waals surface area (Å²) in [6, 6.07) is 16.7. The van der Waals surface area contributed by atoms with E-state index in [0.717, 1.165) is 44.0 Å². The summed E-state index contributed by atoms with van der Waals surface area (Å²) in [5, 5.41) is 9.38. The lowest BCUT2D eigenvalue weighted by atomic mass is 9.98. The number of aromatic nitrogens is 2. The van der Waals surface area contributed by atoms with Gasteiger partial charge in [-0.15, -0.1) is 0 Å². The van der Waals surface area contributed by atoms with Gasteiger partial charge in [-0.2, -0.15) is 0 Å². The van der Waals surface area contributed by atoms with E-state index < -0.39 is 0 Å². The maximum atomic E-state index is 11.7. The van der Waals surface area contributed by atoms with Gasteiger partial charge in [0.15, 0.2) is 0 Å². The molecule has 2 N–H and O–H groups in total. The molecule has 1 aromatic heterocycles. The summed E-state index contributed by atoms with van der Waals surface area (Å²) in [4.78, 5) is 16.5. The summed E-state index contributed by atoms with van der Waals surface area (Å²) >= 11 is 0. The molecule has 0 saturated carbocycles. The minimum absolute atomic E-state index is 0.117. The van der Waals surface area contributed by atoms with Gasteiger partial charge in [-0.1, -0.05) is 48.5 Å². The molecular weight excluding hydrogens is 342 g/mol. The summed E-state index contributed by atoms with van der Waals surface area (Å²) in [6.45, 7) is 4.86. The molecule has 0 bridgehead atoms. The van der Waals surface area contributed by atoms with Gasteiger partial charge in [0.25, 0.3) is 0 Å². The summed E-state index contributed by atoms with van der Waals surface area (Å²) in [5.74, 6) is -0.117. The van der Waals surface area contributed by atoms with Crippen LogP contribution in [0.5, 0.6) is 5.88 Å². The molecule has 1 fully saturated rings. The van der Waals surface area contributed by atoms with Crippen LogP contribution >= 0.6 is 0 Å². The number of hydrogen-bond acceptors (Lipinski definition) is 4. The van der Waals surface area contributed by atoms with E-state index >= 15 is 0 Å². The van der Waals surface area contributed by atoms with Gasteiger partial charge in [0, 0.05) is 19.6 Å². The minimum atomic E-state index is -0.313. The lowest BCUT2D eigenvalue weighted by Gasteiger charge is -2.27. The molecule has 140 valence electrons. The summed E-state index contributed by atoms with van der Waals surface area (Å²) in [7, 11) is 0. The van der Waals surface area contributed by atoms with Crippen LogP contribution in [0.2, 0.25) is 0 Å². The molecule has 6 nitrogen and oxygen atoms in total. The SMILES string of the molecule is O=c1[nH]c(O)cn1Cc1ccc(-c2ccccc2CN2CCOCC2)cc1. The van der Waals surface area contributed by atoms with Gasteiger partial charge >= 0.3 is 5.69 Å². The average Bonchev–Trinajstić information content (AvgIpc) is 3.01. The third-order valence-corrected chi connectivity index (χ3v) is 4.91. The van der Waals surface area contributed by atoms with Crippen molar-refractivity contribution < 1.29 is 9.84 Å². The van der Waals surface area contributed by atoms with Crippen LogP contribution in [0.25, 0.3) is 11.1 Å². The van der Waals surface area contributed by atoms with E-state index in [2.05, 4.69) is 46.3 Å². The first-order valence-electron chi connectivity index (χ1n) is 9.15. The fourth-order valence-electron chi connectivity index (χ4n) is 3.46. The lowest BCUT2D eigenvalue weighted by molar-refractivity contribution is 0.0342. The first-order valence-corrected chi connectivity index (χ1v) is 9.15. The highest BCUT2D eigenvalue weighted by atomic mass is 16.5. The molecule has 2 heterocycles. The van der Waals surface area contributed by atoms with Crippen LogP contribution in [-0.2, 0) is 17.8 Å². The third-order valence-electron chi connectivity index (χ3n) is 4.91. The zero-order valence-electron chi connectivity index (χ0n) is 15.1. The first kappa shape index (κ1) is 17.6. The largest absolute Gasteiger partial charge is 0.493 e. The van der Waals surface area contributed by atoms with E-state index in [1.807, 2.05) is 12.1 Å². The molecule has 1 saturated heterocycles. The number of imidazole rings is 1. The smallest absolute Gasteiger partial charge is 0.328 e. The van der Waals surface area contributed by atoms with Crippen molar-refractivity contribution in [2.45, 2.75) is 13.1 Å². The zero-order valence-corrected chi connectivity index (χ0v) is 15.1. The minimum Gasteiger partial charge on any atom is -0.493 e. The van der Waals surface area contributed by atoms with Crippen molar-refractivity contribution in [3.05, 3.63) is 76.3 Å². The normalized spacial score (nSPS) is 15.1. The number of nitrogens with zero attached hydrogens (tertiary/aromatic N) is 2. The molecule has 1 aliphatic rings. The number of ether oxygens (including phenoxy) is 1. The molecule has 3 aromatic rings. The van der Waals surface area contributed by atoms with Crippen molar-refractivity contribution in [3.63, 3.8) is 0 Å². The molecule has 0 atom stereocenters. The van der Waals surface area contributed by atoms with Crippen molar-refractivity contribution in [3.8, 4) is 17.0 Å². The van der Waals surface area contributed by atoms with Gasteiger partial charge in [0.2, 0.25) is 5.88 Å². The number of nitrogens with one attached hydrogen (secondary N) is 1. The van der Waals surface area contributed by atoms with Crippen molar-refractivity contribution >= 4 is 0 Å². The maximum absolute atomic E-state index is 11.7. The standard InChI is InChI=1S/C21H23N3O3/c25-20-15-24(21(26)22-20)13-16-5-7-17(8-6-16)19-4-2-1-3-18(19)14-23-9-11-27-12-10-23/h1-8,15,25H,9-14H2,(H,22,26). The number of rotatable bonds is 5. The number of aromatic hydroxyl groups is 1. The quantitative estimate of drug-likeness (QED) is 0.729. The first-order chi connectivity index (χ1) is 13.2. The lowest BCUT2D eigenvalue weighted by Crippen LogP contribution is -2.35. The Labute approximate surface area is 157 Å². The van der Waals surface area contributed by atoms with Crippen LogP contribution in [0.3, 0.4) is 0 Å². The Hall–Kier alpha value is -2.83. The highest BCUT2D eigenvalue weighted by Gasteiger charge is 2.13. The molecule has 0 aliphatic carbocycles. The number of H-pyrrole nitrogens is 1. The number of morpholine rings is 1. The van der Waals surface area contributed by atoms with E-state index in [9.17, 15) is 9.90 Å². The van der Waals surface area contributed by atoms with Crippen LogP contribution in [0, 0.1) is 0 Å². The number of benzene rings is 2. The fraction of sp³-hybridized carbons (Fsp3) is 0.286. The molecule has 0 radical (unpaired) electrons. The van der Waals surface area contributed by atoms with Gasteiger partial charge < -0.3 is 9.84 Å². The van der Waals surface area contributed by atoms with Gasteiger partial charge in [0.05, 0.1) is 26.0 Å². The third kappa shape index (κ3) is 4.13. The van der Waals surface area contributed by atoms with E-state index in [0.29, 0.717) is 6.54 Å². The molecule has 27 heavy (non-hydrogen) atoms. The number of aromatic amines is 1. The molecule has 0 spiro atoms. The van der Waals surface area contributed by atoms with Gasteiger partial charge in [-0.25, -0.2) is 4.79 Å². The number of hydrogen-bond donors (Lipinski definition) is 2. The highest BCUT2D eigenvalue weighted by Crippen LogP contribution is 2.25. The Kier molecular flexibility index (Phi) is 5.09. The Morgan fingerprint density at radius 3 is 2.44 bits per heavy atom. The van der Waals surface area contributed by atoms with Crippen molar-refractivity contribution in [2.75, 3.05) is 26.3 Å². The van der Waals surface area contributed by atoms with Crippen LogP contribution < -0.4 is 5.69 Å². The summed E-state index contributed by atoms with van der Waals surface area (Å²) < 4.78 is 6.90. The van der Waals surface area contributed by atoms with Crippen LogP contribution in [0.4, 0.5) is 0 Å². The predicted octanol–water partition coefficient (Wildman–Crippen LogP) is 2.43. The van der Waals surface area contributed by atoms with E-state index in [-0.39, 0.29) is 11.6 Å². The summed E-state index contributed by atoms with van der Waals surface area (Å²) in [5.41, 5.74) is 4.38. The van der Waals surface area contributed by atoms with E-state index in [4.69, 9.17) is 4.74 Å². The van der Waals surface area contributed by atoms with Crippen molar-refractivity contribution in [1.82, 2.24) is 14.5 Å². The second-order valence-electron chi connectivity index (χ2n) is 6.81. The highest BCUT2D eigenvalue weighted by molar-refractivity contribution is 5.67. The van der Waals surface area contributed by atoms with Crippen molar-refractivity contribution in [1.29, 1.82) is 0 Å². The van der Waals surface area contributed by atoms with E-state index in [1.165, 1.54) is 21.9 Å². The molecular formula is C21H23N3O3. The van der Waals surface area contributed by atoms with Crippen LogP contribution in [0.15, 0.2) is 59.5 Å². The summed E-state index contributed by atoms with van der Waals surface area (Å²) in [6.07, 6.45) is 1.41. The van der Waals surface area contributed by atoms with Gasteiger partial charge in [-0.3, -0.25) is 14.5 Å². The Morgan fingerprint density at radius 1 is 1.00 bits per heavy atom. The second kappa shape index (κ2) is 7.82. The molecule has 2 aromatic carbocycles. The monoisotopic (exact) mass is 365 g/mol. The Bertz CT molecular complexity index is 953. The van der Waals surface area contributed by atoms with E-state index in [1.54, 1.807) is 0 Å². The van der Waals surface area contributed by atoms with Crippen molar-refractivity contribution in [2.24, 2.45) is 0 Å². The predicted molar refractivity (Wildman–Crippen MR) is 104 cm³/mol. The topological polar surface area (TPSA) is 70.5 Å². The van der Waals surface area contributed by atoms with Gasteiger partial charge in [-0.05, 0) is 22.3 Å². The Balaban J connectivity index is 1.53.